The number of nitrogens with one attached hydrogen (secondary N) is 2. The fourth-order valence-corrected chi connectivity index (χ4v) is 1.65. The molecule has 0 radical (unpaired) electrons. The van der Waals surface area contributed by atoms with E-state index in [0.717, 1.165) is 4.80 Å². The highest BCUT2D eigenvalue weighted by Gasteiger charge is 2.10. The number of ether oxygens (including phenoxy) is 2. The highest BCUT2D eigenvalue weighted by Crippen LogP contribution is 2.22. The Hall–Kier alpha value is -3.10. The molecule has 22 heavy (non-hydrogen) atoms. The molecule has 0 saturated carbocycles. The van der Waals surface area contributed by atoms with Crippen molar-refractivity contribution in [3.63, 3.8) is 0 Å². The Labute approximate surface area is 126 Å². The molecular weight excluding hydrogens is 290 g/mol. The van der Waals surface area contributed by atoms with Crippen LogP contribution in [0.3, 0.4) is 0 Å². The molecule has 2 aromatic rings. The van der Waals surface area contributed by atoms with Gasteiger partial charge in [0.15, 0.2) is 5.82 Å². The van der Waals surface area contributed by atoms with Crippen LogP contribution in [0.15, 0.2) is 30.5 Å². The Balaban J connectivity index is 1.96. The summed E-state index contributed by atoms with van der Waals surface area (Å²) in [5, 5.41) is 12.8. The summed E-state index contributed by atoms with van der Waals surface area (Å²) in [4.78, 5) is 24.1. The van der Waals surface area contributed by atoms with Gasteiger partial charge in [0.2, 0.25) is 5.91 Å². The summed E-state index contributed by atoms with van der Waals surface area (Å²) in [6.45, 7) is -0.110. The van der Waals surface area contributed by atoms with Crippen LogP contribution in [0.4, 0.5) is 16.3 Å². The maximum atomic E-state index is 12.0. The van der Waals surface area contributed by atoms with Gasteiger partial charge in [0.1, 0.15) is 12.3 Å². The second-order valence-electron chi connectivity index (χ2n) is 4.13. The molecule has 0 spiro atoms. The van der Waals surface area contributed by atoms with Crippen LogP contribution in [-0.4, -0.2) is 41.2 Å². The van der Waals surface area contributed by atoms with Crippen LogP contribution in [0.2, 0.25) is 0 Å². The molecule has 0 aliphatic rings. The molecule has 0 unspecified atom stereocenters. The molecule has 1 heterocycles. The summed E-state index contributed by atoms with van der Waals surface area (Å²) in [6, 6.07) is 7.04. The van der Waals surface area contributed by atoms with Gasteiger partial charge in [-0.3, -0.25) is 10.1 Å². The summed E-state index contributed by atoms with van der Waals surface area (Å²) in [7, 11) is 2.76. The van der Waals surface area contributed by atoms with Gasteiger partial charge in [0.05, 0.1) is 26.1 Å². The van der Waals surface area contributed by atoms with Crippen LogP contribution in [0.1, 0.15) is 0 Å². The standard InChI is InChI=1S/C13H15N5O4/c1-21-10-6-4-3-5-9(10)15-12(19)8-18-14-7-11(17-18)16-13(20)22-2/h3-7H,8H2,1-2H3,(H,15,19)(H,16,17,20). The molecule has 0 bridgehead atoms. The van der Waals surface area contributed by atoms with Crippen molar-refractivity contribution in [1.82, 2.24) is 15.0 Å². The van der Waals surface area contributed by atoms with Crippen LogP contribution >= 0.6 is 0 Å². The molecule has 116 valence electrons. The van der Waals surface area contributed by atoms with Gasteiger partial charge in [0.25, 0.3) is 0 Å². The first kappa shape index (κ1) is 15.3. The Morgan fingerprint density at radius 1 is 1.23 bits per heavy atom. The van der Waals surface area contributed by atoms with Gasteiger partial charge in [-0.15, -0.1) is 5.10 Å². The van der Waals surface area contributed by atoms with E-state index in [0.29, 0.717) is 11.4 Å². The zero-order valence-electron chi connectivity index (χ0n) is 12.1. The monoisotopic (exact) mass is 305 g/mol. The largest absolute Gasteiger partial charge is 0.495 e. The van der Waals surface area contributed by atoms with Crippen molar-refractivity contribution in [3.05, 3.63) is 30.5 Å². The Bertz CT molecular complexity index is 670. The number of carbonyl (C=O) groups excluding carboxylic acids is 2. The molecule has 0 saturated heterocycles. The van der Waals surface area contributed by atoms with E-state index >= 15 is 0 Å². The molecule has 0 aliphatic carbocycles. The predicted molar refractivity (Wildman–Crippen MR) is 77.7 cm³/mol. The van der Waals surface area contributed by atoms with Gasteiger partial charge in [-0.2, -0.15) is 9.90 Å². The molecule has 0 atom stereocenters. The molecule has 9 heteroatoms. The maximum absolute atomic E-state index is 12.0. The third-order valence-electron chi connectivity index (χ3n) is 2.62. The lowest BCUT2D eigenvalue weighted by molar-refractivity contribution is -0.117. The molecule has 0 aliphatic heterocycles. The molecule has 1 aromatic carbocycles. The first-order chi connectivity index (χ1) is 10.6. The molecular formula is C13H15N5O4. The van der Waals surface area contributed by atoms with E-state index < -0.39 is 6.09 Å². The number of methoxy groups -OCH3 is 2. The minimum absolute atomic E-state index is 0.110. The van der Waals surface area contributed by atoms with Crippen LogP contribution in [0, 0.1) is 0 Å². The van der Waals surface area contributed by atoms with Crippen LogP contribution in [0.5, 0.6) is 5.75 Å². The summed E-state index contributed by atoms with van der Waals surface area (Å²) < 4.78 is 9.57. The summed E-state index contributed by atoms with van der Waals surface area (Å²) in [6.07, 6.45) is 0.651. The van der Waals surface area contributed by atoms with Crippen molar-refractivity contribution in [3.8, 4) is 5.75 Å². The highest BCUT2D eigenvalue weighted by atomic mass is 16.5. The molecule has 9 nitrogen and oxygen atoms in total. The normalized spacial score (nSPS) is 9.91. The molecule has 2 rings (SSSR count). The van der Waals surface area contributed by atoms with Crippen LogP contribution in [-0.2, 0) is 16.1 Å². The van der Waals surface area contributed by atoms with E-state index in [1.165, 1.54) is 20.4 Å². The smallest absolute Gasteiger partial charge is 0.412 e. The quantitative estimate of drug-likeness (QED) is 0.856. The van der Waals surface area contributed by atoms with E-state index in [2.05, 4.69) is 25.6 Å². The number of anilines is 2. The number of benzene rings is 1. The number of nitrogens with zero attached hydrogens (tertiary/aromatic N) is 3. The molecule has 1 aromatic heterocycles. The molecule has 2 amide bonds. The number of aromatic nitrogens is 3. The van der Waals surface area contributed by atoms with Gasteiger partial charge < -0.3 is 14.8 Å². The summed E-state index contributed by atoms with van der Waals surface area (Å²) in [5.74, 6) is 0.416. The van der Waals surface area contributed by atoms with Gasteiger partial charge in [0, 0.05) is 0 Å². The van der Waals surface area contributed by atoms with Crippen molar-refractivity contribution in [1.29, 1.82) is 0 Å². The Morgan fingerprint density at radius 2 is 2.00 bits per heavy atom. The number of amides is 2. The molecule has 2 N–H and O–H groups in total. The summed E-state index contributed by atoms with van der Waals surface area (Å²) >= 11 is 0. The topological polar surface area (TPSA) is 107 Å². The van der Waals surface area contributed by atoms with Gasteiger partial charge in [-0.25, -0.2) is 4.79 Å². The average molecular weight is 305 g/mol. The number of para-hydroxylation sites is 2. The lowest BCUT2D eigenvalue weighted by atomic mass is 10.3. The Morgan fingerprint density at radius 3 is 2.73 bits per heavy atom. The minimum Gasteiger partial charge on any atom is -0.495 e. The van der Waals surface area contributed by atoms with E-state index in [-0.39, 0.29) is 18.3 Å². The van der Waals surface area contributed by atoms with E-state index in [1.807, 2.05) is 0 Å². The first-order valence-corrected chi connectivity index (χ1v) is 6.30. The van der Waals surface area contributed by atoms with Crippen molar-refractivity contribution < 1.29 is 19.1 Å². The Kier molecular flexibility index (Phi) is 4.91. The number of carbonyl (C=O) groups is 2. The second kappa shape index (κ2) is 7.07. The van der Waals surface area contributed by atoms with Crippen LogP contribution < -0.4 is 15.4 Å². The number of hydrogen-bond donors (Lipinski definition) is 2. The van der Waals surface area contributed by atoms with Gasteiger partial charge in [-0.05, 0) is 12.1 Å². The van der Waals surface area contributed by atoms with E-state index in [4.69, 9.17) is 4.74 Å². The fraction of sp³-hybridized carbons (Fsp3) is 0.231. The van der Waals surface area contributed by atoms with Crippen molar-refractivity contribution in [2.24, 2.45) is 0 Å². The first-order valence-electron chi connectivity index (χ1n) is 6.30. The average Bonchev–Trinajstić information content (AvgIpc) is 2.94. The SMILES string of the molecule is COC(=O)Nc1cnn(CC(=O)Nc2ccccc2OC)n1. The van der Waals surface area contributed by atoms with Crippen LogP contribution in [0.25, 0.3) is 0 Å². The number of rotatable bonds is 5. The van der Waals surface area contributed by atoms with Gasteiger partial charge in [-0.1, -0.05) is 12.1 Å². The maximum Gasteiger partial charge on any atom is 0.412 e. The fourth-order valence-electron chi connectivity index (χ4n) is 1.65. The number of hydrogen-bond acceptors (Lipinski definition) is 6. The van der Waals surface area contributed by atoms with E-state index in [1.54, 1.807) is 24.3 Å². The molecule has 0 fully saturated rings. The minimum atomic E-state index is -0.662. The third kappa shape index (κ3) is 3.95. The third-order valence-corrected chi connectivity index (χ3v) is 2.62. The van der Waals surface area contributed by atoms with Crippen molar-refractivity contribution >= 4 is 23.5 Å². The predicted octanol–water partition coefficient (Wildman–Crippen LogP) is 1.10. The highest BCUT2D eigenvalue weighted by molar-refractivity contribution is 5.92. The van der Waals surface area contributed by atoms with Gasteiger partial charge >= 0.3 is 6.09 Å². The lowest BCUT2D eigenvalue weighted by Gasteiger charge is -2.09. The zero-order chi connectivity index (χ0) is 15.9. The lowest BCUT2D eigenvalue weighted by Crippen LogP contribution is -2.21. The zero-order valence-corrected chi connectivity index (χ0v) is 12.1. The summed E-state index contributed by atoms with van der Waals surface area (Å²) in [5.41, 5.74) is 0.551. The second-order valence-corrected chi connectivity index (χ2v) is 4.13. The van der Waals surface area contributed by atoms with Crippen molar-refractivity contribution in [2.45, 2.75) is 6.54 Å². The van der Waals surface area contributed by atoms with Crippen molar-refractivity contribution in [2.75, 3.05) is 24.9 Å². The van der Waals surface area contributed by atoms with E-state index in [9.17, 15) is 9.59 Å².